The van der Waals surface area contributed by atoms with Gasteiger partial charge in [-0.15, -0.1) is 11.3 Å². The number of thiazole rings is 1. The van der Waals surface area contributed by atoms with E-state index in [1.54, 1.807) is 12.4 Å². The zero-order valence-corrected chi connectivity index (χ0v) is 18.5. The van der Waals surface area contributed by atoms with Gasteiger partial charge in [-0.05, 0) is 48.6 Å². The number of nitrogens with one attached hydrogen (secondary N) is 1. The maximum atomic E-state index is 12.6. The Hall–Kier alpha value is -3.26. The molecule has 5 rings (SSSR count). The molecule has 2 aliphatic heterocycles. The van der Waals surface area contributed by atoms with Crippen LogP contribution in [0.4, 0.5) is 11.4 Å². The molecule has 32 heavy (non-hydrogen) atoms. The number of pyridine rings is 1. The first-order valence-electron chi connectivity index (χ1n) is 10.9. The van der Waals surface area contributed by atoms with Gasteiger partial charge >= 0.3 is 0 Å². The van der Waals surface area contributed by atoms with Crippen molar-refractivity contribution in [2.75, 3.05) is 36.4 Å². The zero-order chi connectivity index (χ0) is 21.9. The van der Waals surface area contributed by atoms with Crippen LogP contribution in [-0.4, -0.2) is 52.9 Å². The maximum Gasteiger partial charge on any atom is 0.282 e. The Balaban J connectivity index is 1.10. The molecule has 0 atom stereocenters. The summed E-state index contributed by atoms with van der Waals surface area (Å²) in [4.78, 5) is 37.3. The van der Waals surface area contributed by atoms with Crippen LogP contribution in [0, 0.1) is 5.92 Å². The topological polar surface area (TPSA) is 78.4 Å². The number of benzene rings is 1. The normalized spacial score (nSPS) is 17.1. The van der Waals surface area contributed by atoms with Crippen molar-refractivity contribution in [2.24, 2.45) is 5.92 Å². The number of piperidine rings is 1. The van der Waals surface area contributed by atoms with E-state index in [9.17, 15) is 9.59 Å². The van der Waals surface area contributed by atoms with Gasteiger partial charge in [0, 0.05) is 49.6 Å². The number of aromatic nitrogens is 2. The van der Waals surface area contributed by atoms with Crippen LogP contribution in [0.15, 0.2) is 60.4 Å². The Morgan fingerprint density at radius 2 is 1.81 bits per heavy atom. The fourth-order valence-electron chi connectivity index (χ4n) is 4.36. The quantitative estimate of drug-likeness (QED) is 0.646. The van der Waals surface area contributed by atoms with E-state index in [0.717, 1.165) is 37.3 Å². The monoisotopic (exact) mass is 447 g/mol. The van der Waals surface area contributed by atoms with Crippen molar-refractivity contribution in [2.45, 2.75) is 18.8 Å². The lowest BCUT2D eigenvalue weighted by atomic mass is 9.89. The third kappa shape index (κ3) is 4.36. The van der Waals surface area contributed by atoms with Gasteiger partial charge in [0.05, 0.1) is 17.8 Å². The molecule has 1 N–H and O–H groups in total. The van der Waals surface area contributed by atoms with Crippen LogP contribution in [0.1, 0.15) is 34.1 Å². The number of carbonyl (C=O) groups excluding carboxylic acids is 2. The fraction of sp³-hybridized carbons (Fsp3) is 0.333. The number of hydrogen-bond donors (Lipinski definition) is 1. The number of amides is 2. The van der Waals surface area contributed by atoms with Crippen LogP contribution in [0.25, 0.3) is 0 Å². The van der Waals surface area contributed by atoms with Gasteiger partial charge in [0.2, 0.25) is 5.91 Å². The molecule has 4 heterocycles. The molecule has 3 aromatic rings. The first-order chi connectivity index (χ1) is 15.7. The van der Waals surface area contributed by atoms with Gasteiger partial charge in [-0.2, -0.15) is 0 Å². The number of likely N-dealkylation sites (tertiary alicyclic amines) is 1. The summed E-state index contributed by atoms with van der Waals surface area (Å²) in [7, 11) is 0. The summed E-state index contributed by atoms with van der Waals surface area (Å²) in [6, 6.07) is 12.1. The van der Waals surface area contributed by atoms with Gasteiger partial charge in [-0.3, -0.25) is 14.6 Å². The van der Waals surface area contributed by atoms with Gasteiger partial charge in [-0.1, -0.05) is 12.1 Å². The second kappa shape index (κ2) is 9.08. The van der Waals surface area contributed by atoms with Crippen LogP contribution in [-0.2, 0) is 4.79 Å². The molecular weight excluding hydrogens is 422 g/mol. The molecule has 164 valence electrons. The second-order valence-corrected chi connectivity index (χ2v) is 9.22. The third-order valence-corrected chi connectivity index (χ3v) is 7.07. The largest absolute Gasteiger partial charge is 0.369 e. The molecule has 0 aliphatic carbocycles. The highest BCUT2D eigenvalue weighted by Crippen LogP contribution is 2.30. The number of carbonyl (C=O) groups is 2. The van der Waals surface area contributed by atoms with Crippen LogP contribution >= 0.6 is 11.3 Å². The van der Waals surface area contributed by atoms with Crippen molar-refractivity contribution in [3.63, 3.8) is 0 Å². The minimum Gasteiger partial charge on any atom is -0.369 e. The molecule has 0 saturated carbocycles. The van der Waals surface area contributed by atoms with Crippen molar-refractivity contribution in [1.82, 2.24) is 14.9 Å². The van der Waals surface area contributed by atoms with Crippen LogP contribution in [0.5, 0.6) is 0 Å². The Kier molecular flexibility index (Phi) is 5.85. The predicted octanol–water partition coefficient (Wildman–Crippen LogP) is 3.63. The summed E-state index contributed by atoms with van der Waals surface area (Å²) in [5.41, 5.74) is 3.14. The highest BCUT2D eigenvalue weighted by Gasteiger charge is 2.33. The lowest BCUT2D eigenvalue weighted by Crippen LogP contribution is -2.52. The Morgan fingerprint density at radius 3 is 2.47 bits per heavy atom. The smallest absolute Gasteiger partial charge is 0.282 e. The van der Waals surface area contributed by atoms with Crippen molar-refractivity contribution in [3.8, 4) is 0 Å². The Morgan fingerprint density at radius 1 is 1.03 bits per heavy atom. The van der Waals surface area contributed by atoms with Crippen molar-refractivity contribution < 1.29 is 9.59 Å². The summed E-state index contributed by atoms with van der Waals surface area (Å²) >= 11 is 1.39. The average Bonchev–Trinajstić information content (AvgIpc) is 3.34. The second-order valence-electron chi connectivity index (χ2n) is 8.33. The molecule has 0 unspecified atom stereocenters. The molecule has 0 spiro atoms. The number of rotatable bonds is 5. The molecule has 8 heteroatoms. The van der Waals surface area contributed by atoms with Crippen LogP contribution in [0.2, 0.25) is 0 Å². The van der Waals surface area contributed by atoms with E-state index in [1.807, 2.05) is 40.7 Å². The fourth-order valence-corrected chi connectivity index (χ4v) is 4.96. The maximum absolute atomic E-state index is 12.6. The number of anilines is 2. The lowest BCUT2D eigenvalue weighted by molar-refractivity contribution is -0.120. The van der Waals surface area contributed by atoms with E-state index in [-0.39, 0.29) is 17.7 Å². The molecule has 2 amide bonds. The number of hydrogen-bond acceptors (Lipinski definition) is 6. The van der Waals surface area contributed by atoms with E-state index < -0.39 is 0 Å². The van der Waals surface area contributed by atoms with Crippen molar-refractivity contribution >= 4 is 34.5 Å². The minimum atomic E-state index is -0.00502. The number of nitrogens with zero attached hydrogens (tertiary/aromatic N) is 4. The van der Waals surface area contributed by atoms with E-state index in [1.165, 1.54) is 16.9 Å². The molecule has 0 bridgehead atoms. The van der Waals surface area contributed by atoms with E-state index >= 15 is 0 Å². The summed E-state index contributed by atoms with van der Waals surface area (Å²) in [5, 5.41) is 5.45. The Labute approximate surface area is 191 Å². The SMILES string of the molecule is O=C(Nc1ccc(C2CCN(C(=O)c3nccs3)CC2)cc1)C1CN(c2cccnc2)C1. The molecule has 2 aliphatic rings. The van der Waals surface area contributed by atoms with Crippen molar-refractivity contribution in [1.29, 1.82) is 0 Å². The van der Waals surface area contributed by atoms with Gasteiger partial charge < -0.3 is 15.1 Å². The first-order valence-corrected chi connectivity index (χ1v) is 11.8. The van der Waals surface area contributed by atoms with Gasteiger partial charge in [0.1, 0.15) is 0 Å². The molecule has 2 fully saturated rings. The molecule has 2 aromatic heterocycles. The standard InChI is InChI=1S/C24H25N5O2S/c30-22(19-15-29(16-19)21-2-1-9-25-14-21)27-20-5-3-17(4-6-20)18-7-11-28(12-8-18)24(31)23-26-10-13-32-23/h1-6,9-10,13-14,18-19H,7-8,11-12,15-16H2,(H,27,30). The molecule has 7 nitrogen and oxygen atoms in total. The van der Waals surface area contributed by atoms with Gasteiger partial charge in [-0.25, -0.2) is 4.98 Å². The predicted molar refractivity (Wildman–Crippen MR) is 125 cm³/mol. The van der Waals surface area contributed by atoms with Crippen molar-refractivity contribution in [3.05, 3.63) is 70.9 Å². The summed E-state index contributed by atoms with van der Waals surface area (Å²) in [6.45, 7) is 2.93. The molecule has 0 radical (unpaired) electrons. The average molecular weight is 448 g/mol. The molecule has 2 saturated heterocycles. The molecule has 1 aromatic carbocycles. The minimum absolute atomic E-state index is 0.00502. The zero-order valence-electron chi connectivity index (χ0n) is 17.7. The molecular formula is C24H25N5O2S. The summed E-state index contributed by atoms with van der Waals surface area (Å²) in [5.74, 6) is 0.524. The highest BCUT2D eigenvalue weighted by molar-refractivity contribution is 7.11. The lowest BCUT2D eigenvalue weighted by Gasteiger charge is -2.39. The first kappa shape index (κ1) is 20.6. The van der Waals surface area contributed by atoms with Crippen LogP contribution in [0.3, 0.4) is 0 Å². The van der Waals surface area contributed by atoms with E-state index in [0.29, 0.717) is 24.0 Å². The van der Waals surface area contributed by atoms with Gasteiger partial charge in [0.25, 0.3) is 5.91 Å². The van der Waals surface area contributed by atoms with E-state index in [2.05, 4.69) is 32.3 Å². The van der Waals surface area contributed by atoms with Crippen LogP contribution < -0.4 is 10.2 Å². The Bertz CT molecular complexity index is 1060. The summed E-state index contributed by atoms with van der Waals surface area (Å²) in [6.07, 6.45) is 7.13. The highest BCUT2D eigenvalue weighted by atomic mass is 32.1. The van der Waals surface area contributed by atoms with E-state index in [4.69, 9.17) is 0 Å². The van der Waals surface area contributed by atoms with Gasteiger partial charge in [0.15, 0.2) is 5.01 Å². The third-order valence-electron chi connectivity index (χ3n) is 6.31. The summed E-state index contributed by atoms with van der Waals surface area (Å²) < 4.78 is 0.